The number of benzene rings is 1. The van der Waals surface area contributed by atoms with E-state index in [1.165, 1.54) is 0 Å². The molecule has 1 fully saturated rings. The maximum atomic E-state index is 13.8. The molecule has 3 nitrogen and oxygen atoms in total. The standard InChI is InChI=1S/C14H13F5O3S/c1-13(14(17,18)19)5-7(11(23-13)12(20)21)6-3-4-8(15)9(16)10(6)22-2/h3-4,7,11H,5H2,1-2H3,(H,20,21)/t7-,11+,13?/m0/s1. The number of carboxylic acid groups (broad SMARTS) is 1. The summed E-state index contributed by atoms with van der Waals surface area (Å²) in [4.78, 5) is 11.4. The maximum Gasteiger partial charge on any atom is 0.403 e. The topological polar surface area (TPSA) is 46.5 Å². The summed E-state index contributed by atoms with van der Waals surface area (Å²) >= 11 is 0.264. The van der Waals surface area contributed by atoms with Gasteiger partial charge in [0.2, 0.25) is 5.82 Å². The van der Waals surface area contributed by atoms with Gasteiger partial charge in [0.1, 0.15) is 10.00 Å². The van der Waals surface area contributed by atoms with E-state index >= 15 is 0 Å². The highest BCUT2D eigenvalue weighted by Gasteiger charge is 2.61. The highest BCUT2D eigenvalue weighted by molar-refractivity contribution is 8.02. The molecule has 1 N–H and O–H groups in total. The Morgan fingerprint density at radius 1 is 1.39 bits per heavy atom. The van der Waals surface area contributed by atoms with Crippen LogP contribution >= 0.6 is 11.8 Å². The van der Waals surface area contributed by atoms with E-state index in [9.17, 15) is 31.9 Å². The molecular weight excluding hydrogens is 343 g/mol. The predicted octanol–water partition coefficient (Wildman–Crippen LogP) is 3.97. The summed E-state index contributed by atoms with van der Waals surface area (Å²) in [5.41, 5.74) is -0.0840. The molecule has 128 valence electrons. The molecular formula is C14H13F5O3S. The van der Waals surface area contributed by atoms with Crippen molar-refractivity contribution in [2.75, 3.05) is 7.11 Å². The molecule has 1 aromatic rings. The van der Waals surface area contributed by atoms with Crippen molar-refractivity contribution in [1.82, 2.24) is 0 Å². The van der Waals surface area contributed by atoms with Gasteiger partial charge >= 0.3 is 12.1 Å². The van der Waals surface area contributed by atoms with Gasteiger partial charge in [-0.3, -0.25) is 4.79 Å². The molecule has 0 saturated carbocycles. The highest BCUT2D eigenvalue weighted by atomic mass is 32.2. The smallest absolute Gasteiger partial charge is 0.403 e. The Kier molecular flexibility index (Phi) is 4.53. The average Bonchev–Trinajstić information content (AvgIpc) is 2.81. The van der Waals surface area contributed by atoms with Crippen molar-refractivity contribution >= 4 is 17.7 Å². The van der Waals surface area contributed by atoms with Crippen molar-refractivity contribution in [2.24, 2.45) is 0 Å². The van der Waals surface area contributed by atoms with Gasteiger partial charge in [-0.25, -0.2) is 4.39 Å². The Morgan fingerprint density at radius 2 is 2.00 bits per heavy atom. The molecule has 23 heavy (non-hydrogen) atoms. The Balaban J connectivity index is 2.53. The second kappa shape index (κ2) is 5.85. The van der Waals surface area contributed by atoms with Crippen molar-refractivity contribution in [3.8, 4) is 5.75 Å². The van der Waals surface area contributed by atoms with E-state index in [4.69, 9.17) is 4.74 Å². The quantitative estimate of drug-likeness (QED) is 0.833. The number of thioether (sulfide) groups is 1. The average molecular weight is 356 g/mol. The molecule has 1 saturated heterocycles. The van der Waals surface area contributed by atoms with Crippen LogP contribution in [0.5, 0.6) is 5.75 Å². The molecule has 1 aliphatic rings. The number of methoxy groups -OCH3 is 1. The third-order valence-electron chi connectivity index (χ3n) is 3.89. The number of carbonyl (C=O) groups is 1. The van der Waals surface area contributed by atoms with Gasteiger partial charge in [0.25, 0.3) is 0 Å². The SMILES string of the molecule is COc1c([C@@H]2CC(C)(C(F)(F)F)S[C@H]2C(=O)O)ccc(F)c1F. The second-order valence-electron chi connectivity index (χ2n) is 5.40. The molecule has 3 atom stereocenters. The summed E-state index contributed by atoms with van der Waals surface area (Å²) in [6, 6.07) is 1.82. The van der Waals surface area contributed by atoms with Crippen molar-refractivity contribution < 1.29 is 36.6 Å². The summed E-state index contributed by atoms with van der Waals surface area (Å²) in [5, 5.41) is 7.79. The van der Waals surface area contributed by atoms with Crippen LogP contribution in [0.2, 0.25) is 0 Å². The van der Waals surface area contributed by atoms with Gasteiger partial charge < -0.3 is 9.84 Å². The molecule has 0 aliphatic carbocycles. The molecule has 0 bridgehead atoms. The first-order valence-corrected chi connectivity index (χ1v) is 7.39. The van der Waals surface area contributed by atoms with Crippen LogP contribution in [0, 0.1) is 11.6 Å². The second-order valence-corrected chi connectivity index (χ2v) is 7.04. The largest absolute Gasteiger partial charge is 0.493 e. The number of hydrogen-bond acceptors (Lipinski definition) is 3. The Bertz CT molecular complexity index is 634. The van der Waals surface area contributed by atoms with Crippen LogP contribution in [-0.4, -0.2) is 34.4 Å². The number of alkyl halides is 3. The lowest BCUT2D eigenvalue weighted by Crippen LogP contribution is -2.37. The highest BCUT2D eigenvalue weighted by Crippen LogP contribution is 2.58. The molecule has 1 heterocycles. The van der Waals surface area contributed by atoms with Crippen LogP contribution in [0.15, 0.2) is 12.1 Å². The molecule has 2 rings (SSSR count). The number of hydrogen-bond donors (Lipinski definition) is 1. The van der Waals surface area contributed by atoms with Crippen LogP contribution in [0.3, 0.4) is 0 Å². The number of halogens is 5. The lowest BCUT2D eigenvalue weighted by Gasteiger charge is -2.26. The normalized spacial score (nSPS) is 28.0. The van der Waals surface area contributed by atoms with Gasteiger partial charge in [0, 0.05) is 11.5 Å². The summed E-state index contributed by atoms with van der Waals surface area (Å²) in [7, 11) is 1.04. The monoisotopic (exact) mass is 356 g/mol. The molecule has 0 amide bonds. The number of ether oxygens (including phenoxy) is 1. The first-order chi connectivity index (χ1) is 10.5. The van der Waals surface area contributed by atoms with Crippen LogP contribution < -0.4 is 4.74 Å². The summed E-state index contributed by atoms with van der Waals surface area (Å²) in [6.07, 6.45) is -5.20. The van der Waals surface area contributed by atoms with E-state index in [2.05, 4.69) is 0 Å². The van der Waals surface area contributed by atoms with E-state index in [0.29, 0.717) is 0 Å². The van der Waals surface area contributed by atoms with Crippen molar-refractivity contribution in [2.45, 2.75) is 35.4 Å². The Labute approximate surface area is 132 Å². The van der Waals surface area contributed by atoms with E-state index in [1.807, 2.05) is 0 Å². The molecule has 1 aliphatic heterocycles. The summed E-state index contributed by atoms with van der Waals surface area (Å²) < 4.78 is 69.2. The molecule has 0 aromatic heterocycles. The van der Waals surface area contributed by atoms with E-state index in [1.54, 1.807) is 0 Å². The molecule has 0 radical (unpaired) electrons. The molecule has 1 unspecified atom stereocenters. The Morgan fingerprint density at radius 3 is 2.48 bits per heavy atom. The van der Waals surface area contributed by atoms with Gasteiger partial charge in [-0.1, -0.05) is 6.07 Å². The first kappa shape index (κ1) is 17.8. The van der Waals surface area contributed by atoms with E-state index in [0.717, 1.165) is 26.2 Å². The molecule has 0 spiro atoms. The fourth-order valence-electron chi connectivity index (χ4n) is 2.66. The first-order valence-electron chi connectivity index (χ1n) is 6.51. The third-order valence-corrected chi connectivity index (χ3v) is 5.59. The van der Waals surface area contributed by atoms with Gasteiger partial charge in [0.15, 0.2) is 11.6 Å². The zero-order valence-electron chi connectivity index (χ0n) is 12.1. The van der Waals surface area contributed by atoms with E-state index < -0.39 is 51.9 Å². The number of carboxylic acids is 1. The Hall–Kier alpha value is -1.51. The number of rotatable bonds is 3. The minimum Gasteiger partial charge on any atom is -0.493 e. The summed E-state index contributed by atoms with van der Waals surface area (Å²) in [5.74, 6) is -5.73. The lowest BCUT2D eigenvalue weighted by molar-refractivity contribution is -0.156. The molecule has 9 heteroatoms. The minimum absolute atomic E-state index is 0.0840. The fourth-order valence-corrected chi connectivity index (χ4v) is 4.14. The van der Waals surface area contributed by atoms with Crippen molar-refractivity contribution in [3.63, 3.8) is 0 Å². The third kappa shape index (κ3) is 2.98. The van der Waals surface area contributed by atoms with Gasteiger partial charge in [0.05, 0.1) is 7.11 Å². The zero-order chi connectivity index (χ0) is 17.6. The van der Waals surface area contributed by atoms with Crippen LogP contribution in [-0.2, 0) is 4.79 Å². The maximum absolute atomic E-state index is 13.8. The summed E-state index contributed by atoms with van der Waals surface area (Å²) in [6.45, 7) is 0.903. The zero-order valence-corrected chi connectivity index (χ0v) is 12.9. The predicted molar refractivity (Wildman–Crippen MR) is 73.7 cm³/mol. The van der Waals surface area contributed by atoms with E-state index in [-0.39, 0.29) is 17.3 Å². The molecule has 1 aromatic carbocycles. The lowest BCUT2D eigenvalue weighted by atomic mass is 9.86. The van der Waals surface area contributed by atoms with Crippen LogP contribution in [0.25, 0.3) is 0 Å². The van der Waals surface area contributed by atoms with Crippen LogP contribution in [0.1, 0.15) is 24.8 Å². The number of aliphatic carboxylic acids is 1. The van der Waals surface area contributed by atoms with Crippen LogP contribution in [0.4, 0.5) is 22.0 Å². The fraction of sp³-hybridized carbons (Fsp3) is 0.500. The minimum atomic E-state index is -4.63. The van der Waals surface area contributed by atoms with Gasteiger partial charge in [-0.2, -0.15) is 17.6 Å². The van der Waals surface area contributed by atoms with Crippen molar-refractivity contribution in [1.29, 1.82) is 0 Å². The van der Waals surface area contributed by atoms with Crippen molar-refractivity contribution in [3.05, 3.63) is 29.3 Å². The van der Waals surface area contributed by atoms with Gasteiger partial charge in [-0.15, -0.1) is 11.8 Å². The van der Waals surface area contributed by atoms with Gasteiger partial charge in [-0.05, 0) is 19.4 Å².